The zero-order valence-corrected chi connectivity index (χ0v) is 10.6. The molecule has 6 nitrogen and oxygen atoms in total. The molecular weight excluding hydrogens is 236 g/mol. The molecule has 1 rings (SSSR count). The van der Waals surface area contributed by atoms with Gasteiger partial charge in [0.1, 0.15) is 5.75 Å². The fourth-order valence-corrected chi connectivity index (χ4v) is 1.17. The number of benzene rings is 1. The van der Waals surface area contributed by atoms with Gasteiger partial charge in [-0.3, -0.25) is 4.79 Å². The van der Waals surface area contributed by atoms with Crippen molar-refractivity contribution in [2.24, 2.45) is 0 Å². The van der Waals surface area contributed by atoms with Gasteiger partial charge in [-0.15, -0.1) is 0 Å². The Kier molecular flexibility index (Phi) is 4.53. The third-order valence-corrected chi connectivity index (χ3v) is 2.31. The standard InChI is InChI=1S/C12H16N2O4/c1-14(2)11(15)7-18-12(16)9-6-8(17-3)4-5-10(9)13/h4-6H,7,13H2,1-3H3. The molecule has 0 bridgehead atoms. The summed E-state index contributed by atoms with van der Waals surface area (Å²) in [5.41, 5.74) is 6.12. The molecule has 0 aliphatic rings. The SMILES string of the molecule is COc1ccc(N)c(C(=O)OCC(=O)N(C)C)c1. The van der Waals surface area contributed by atoms with E-state index >= 15 is 0 Å². The van der Waals surface area contributed by atoms with Crippen molar-refractivity contribution in [1.29, 1.82) is 0 Å². The summed E-state index contributed by atoms with van der Waals surface area (Å²) in [5, 5.41) is 0. The number of hydrogen-bond donors (Lipinski definition) is 1. The van der Waals surface area contributed by atoms with E-state index in [4.69, 9.17) is 15.2 Å². The topological polar surface area (TPSA) is 81.9 Å². The van der Waals surface area contributed by atoms with E-state index in [-0.39, 0.29) is 23.8 Å². The highest BCUT2D eigenvalue weighted by Crippen LogP contribution is 2.20. The van der Waals surface area contributed by atoms with Gasteiger partial charge in [0.05, 0.1) is 12.7 Å². The summed E-state index contributed by atoms with van der Waals surface area (Å²) in [7, 11) is 4.64. The number of anilines is 1. The van der Waals surface area contributed by atoms with E-state index < -0.39 is 5.97 Å². The lowest BCUT2D eigenvalue weighted by Crippen LogP contribution is -2.27. The summed E-state index contributed by atoms with van der Waals surface area (Å²) in [5.74, 6) is -0.457. The fraction of sp³-hybridized carbons (Fsp3) is 0.333. The predicted molar refractivity (Wildman–Crippen MR) is 66.4 cm³/mol. The van der Waals surface area contributed by atoms with Crippen LogP contribution >= 0.6 is 0 Å². The lowest BCUT2D eigenvalue weighted by molar-refractivity contribution is -0.131. The number of likely N-dealkylation sites (N-methyl/N-ethyl adjacent to an activating group) is 1. The number of esters is 1. The summed E-state index contributed by atoms with van der Waals surface area (Å²) < 4.78 is 9.85. The van der Waals surface area contributed by atoms with Crippen LogP contribution in [0.2, 0.25) is 0 Å². The molecule has 0 heterocycles. The number of nitrogens with two attached hydrogens (primary N) is 1. The Morgan fingerprint density at radius 3 is 2.56 bits per heavy atom. The maximum Gasteiger partial charge on any atom is 0.340 e. The molecular formula is C12H16N2O4. The number of methoxy groups -OCH3 is 1. The Morgan fingerprint density at radius 1 is 1.33 bits per heavy atom. The van der Waals surface area contributed by atoms with Crippen molar-refractivity contribution < 1.29 is 19.1 Å². The summed E-state index contributed by atoms with van der Waals surface area (Å²) in [4.78, 5) is 24.3. The molecule has 2 N–H and O–H groups in total. The van der Waals surface area contributed by atoms with Gasteiger partial charge in [0, 0.05) is 19.8 Å². The molecule has 0 aromatic heterocycles. The molecule has 0 atom stereocenters. The molecule has 1 amide bonds. The quantitative estimate of drug-likeness (QED) is 0.624. The van der Waals surface area contributed by atoms with E-state index in [0.29, 0.717) is 5.75 Å². The van der Waals surface area contributed by atoms with Gasteiger partial charge >= 0.3 is 5.97 Å². The van der Waals surface area contributed by atoms with Crippen molar-refractivity contribution in [2.45, 2.75) is 0 Å². The lowest BCUT2D eigenvalue weighted by Gasteiger charge is -2.11. The fourth-order valence-electron chi connectivity index (χ4n) is 1.17. The van der Waals surface area contributed by atoms with Crippen LogP contribution in [0.5, 0.6) is 5.75 Å². The molecule has 0 aliphatic carbocycles. The lowest BCUT2D eigenvalue weighted by atomic mass is 10.2. The minimum Gasteiger partial charge on any atom is -0.497 e. The zero-order valence-electron chi connectivity index (χ0n) is 10.6. The molecule has 0 saturated carbocycles. The highest BCUT2D eigenvalue weighted by molar-refractivity contribution is 5.96. The first kappa shape index (κ1) is 13.8. The monoisotopic (exact) mass is 252 g/mol. The number of ether oxygens (including phenoxy) is 2. The van der Waals surface area contributed by atoms with Crippen LogP contribution in [0.1, 0.15) is 10.4 Å². The first-order valence-electron chi connectivity index (χ1n) is 5.26. The van der Waals surface area contributed by atoms with Crippen LogP contribution in [0.15, 0.2) is 18.2 Å². The van der Waals surface area contributed by atoms with Crippen LogP contribution in [-0.2, 0) is 9.53 Å². The molecule has 98 valence electrons. The van der Waals surface area contributed by atoms with Gasteiger partial charge in [-0.25, -0.2) is 4.79 Å². The molecule has 1 aromatic rings. The number of nitrogen functional groups attached to an aromatic ring is 1. The average Bonchev–Trinajstić information content (AvgIpc) is 2.35. The van der Waals surface area contributed by atoms with Crippen molar-refractivity contribution in [3.63, 3.8) is 0 Å². The minimum atomic E-state index is -0.651. The number of carbonyl (C=O) groups is 2. The normalized spacial score (nSPS) is 9.72. The van der Waals surface area contributed by atoms with E-state index in [1.807, 2.05) is 0 Å². The molecule has 6 heteroatoms. The number of hydrogen-bond acceptors (Lipinski definition) is 5. The van der Waals surface area contributed by atoms with Crippen LogP contribution in [0, 0.1) is 0 Å². The summed E-state index contributed by atoms with van der Waals surface area (Å²) in [6.45, 7) is -0.317. The van der Waals surface area contributed by atoms with Crippen molar-refractivity contribution >= 4 is 17.6 Å². The highest BCUT2D eigenvalue weighted by Gasteiger charge is 2.14. The smallest absolute Gasteiger partial charge is 0.340 e. The van der Waals surface area contributed by atoms with Crippen LogP contribution in [-0.4, -0.2) is 44.6 Å². The van der Waals surface area contributed by atoms with Crippen LogP contribution in [0.25, 0.3) is 0 Å². The van der Waals surface area contributed by atoms with Crippen molar-refractivity contribution in [3.05, 3.63) is 23.8 Å². The van der Waals surface area contributed by atoms with Crippen LogP contribution in [0.4, 0.5) is 5.69 Å². The van der Waals surface area contributed by atoms with Crippen LogP contribution in [0.3, 0.4) is 0 Å². The number of rotatable bonds is 4. The Bertz CT molecular complexity index is 457. The molecule has 0 radical (unpaired) electrons. The van der Waals surface area contributed by atoms with E-state index in [0.717, 1.165) is 0 Å². The molecule has 18 heavy (non-hydrogen) atoms. The minimum absolute atomic E-state index is 0.181. The van der Waals surface area contributed by atoms with Gasteiger partial charge in [-0.2, -0.15) is 0 Å². The van der Waals surface area contributed by atoms with Crippen molar-refractivity contribution in [3.8, 4) is 5.75 Å². The Morgan fingerprint density at radius 2 is 2.00 bits per heavy atom. The highest BCUT2D eigenvalue weighted by atomic mass is 16.5. The first-order valence-corrected chi connectivity index (χ1v) is 5.26. The van der Waals surface area contributed by atoms with Gasteiger partial charge in [0.15, 0.2) is 6.61 Å². The van der Waals surface area contributed by atoms with Gasteiger partial charge in [0.2, 0.25) is 0 Å². The van der Waals surface area contributed by atoms with Gasteiger partial charge < -0.3 is 20.1 Å². The maximum atomic E-state index is 11.7. The van der Waals surface area contributed by atoms with E-state index in [2.05, 4.69) is 0 Å². The number of carbonyl (C=O) groups excluding carboxylic acids is 2. The van der Waals surface area contributed by atoms with Gasteiger partial charge in [-0.05, 0) is 18.2 Å². The average molecular weight is 252 g/mol. The Balaban J connectivity index is 2.75. The molecule has 0 aliphatic heterocycles. The first-order chi connectivity index (χ1) is 8.45. The summed E-state index contributed by atoms with van der Waals surface area (Å²) >= 11 is 0. The second-order valence-corrected chi connectivity index (χ2v) is 3.82. The number of amides is 1. The molecule has 0 unspecified atom stereocenters. The van der Waals surface area contributed by atoms with Crippen molar-refractivity contribution in [2.75, 3.05) is 33.5 Å². The number of nitrogens with zero attached hydrogens (tertiary/aromatic N) is 1. The molecule has 1 aromatic carbocycles. The van der Waals surface area contributed by atoms with E-state index in [9.17, 15) is 9.59 Å². The summed E-state index contributed by atoms with van der Waals surface area (Å²) in [6, 6.07) is 4.65. The van der Waals surface area contributed by atoms with Gasteiger partial charge in [0.25, 0.3) is 5.91 Å². The van der Waals surface area contributed by atoms with E-state index in [1.165, 1.54) is 18.1 Å². The molecule has 0 fully saturated rings. The Hall–Kier alpha value is -2.24. The molecule has 0 saturated heterocycles. The largest absolute Gasteiger partial charge is 0.497 e. The van der Waals surface area contributed by atoms with Crippen molar-refractivity contribution in [1.82, 2.24) is 4.90 Å². The third kappa shape index (κ3) is 3.38. The summed E-state index contributed by atoms with van der Waals surface area (Å²) in [6.07, 6.45) is 0. The van der Waals surface area contributed by atoms with E-state index in [1.54, 1.807) is 26.2 Å². The predicted octanol–water partition coefficient (Wildman–Crippen LogP) is 0.522. The maximum absolute atomic E-state index is 11.7. The van der Waals surface area contributed by atoms with Gasteiger partial charge in [-0.1, -0.05) is 0 Å². The third-order valence-electron chi connectivity index (χ3n) is 2.31. The second-order valence-electron chi connectivity index (χ2n) is 3.82. The Labute approximate surface area is 105 Å². The second kappa shape index (κ2) is 5.90. The van der Waals surface area contributed by atoms with Crippen LogP contribution < -0.4 is 10.5 Å². The zero-order chi connectivity index (χ0) is 13.7. The molecule has 0 spiro atoms.